The number of amides is 1. The molecular formula is C19H17NO4S2. The monoisotopic (exact) mass is 387 g/mol. The molecule has 1 aliphatic heterocycles. The van der Waals surface area contributed by atoms with E-state index in [4.69, 9.17) is 21.7 Å². The fraction of sp³-hybridized carbons (Fsp3) is 0.158. The second-order valence-corrected chi connectivity index (χ2v) is 7.05. The summed E-state index contributed by atoms with van der Waals surface area (Å²) in [6.45, 7) is 2.50. The van der Waals surface area contributed by atoms with Crippen molar-refractivity contribution in [1.29, 1.82) is 0 Å². The van der Waals surface area contributed by atoms with Crippen LogP contribution in [-0.2, 0) is 4.79 Å². The smallest absolute Gasteiger partial charge is 0.270 e. The molecule has 0 radical (unpaired) electrons. The van der Waals surface area contributed by atoms with Gasteiger partial charge in [0.25, 0.3) is 5.91 Å². The van der Waals surface area contributed by atoms with Crippen LogP contribution in [-0.4, -0.2) is 29.1 Å². The van der Waals surface area contributed by atoms with E-state index < -0.39 is 0 Å². The van der Waals surface area contributed by atoms with Gasteiger partial charge in [0.15, 0.2) is 15.8 Å². The summed E-state index contributed by atoms with van der Waals surface area (Å²) >= 11 is 6.60. The number of thiocarbonyl (C=S) groups is 1. The molecule has 1 saturated heterocycles. The van der Waals surface area contributed by atoms with Crippen molar-refractivity contribution in [2.45, 2.75) is 6.92 Å². The van der Waals surface area contributed by atoms with Crippen molar-refractivity contribution < 1.29 is 19.4 Å². The van der Waals surface area contributed by atoms with E-state index >= 15 is 0 Å². The largest absolute Gasteiger partial charge is 0.504 e. The summed E-state index contributed by atoms with van der Waals surface area (Å²) in [6.07, 6.45) is 1.70. The van der Waals surface area contributed by atoms with Crippen molar-refractivity contribution in [2.75, 3.05) is 18.6 Å². The highest BCUT2D eigenvalue weighted by molar-refractivity contribution is 8.27. The summed E-state index contributed by atoms with van der Waals surface area (Å²) in [5.41, 5.74) is 1.38. The number of rotatable bonds is 5. The van der Waals surface area contributed by atoms with Crippen LogP contribution in [0.4, 0.5) is 5.69 Å². The normalized spacial score (nSPS) is 15.6. The number of ether oxygens (including phenoxy) is 2. The zero-order chi connectivity index (χ0) is 18.7. The number of benzene rings is 2. The second kappa shape index (κ2) is 7.80. The number of carbonyl (C=O) groups excluding carboxylic acids is 1. The Hall–Kier alpha value is -2.51. The molecule has 7 heteroatoms. The molecule has 0 spiro atoms. The van der Waals surface area contributed by atoms with E-state index in [9.17, 15) is 9.90 Å². The first-order chi connectivity index (χ1) is 12.5. The van der Waals surface area contributed by atoms with Crippen LogP contribution in [0.5, 0.6) is 17.2 Å². The van der Waals surface area contributed by atoms with Crippen LogP contribution in [0.25, 0.3) is 6.08 Å². The van der Waals surface area contributed by atoms with E-state index in [1.54, 1.807) is 36.4 Å². The lowest BCUT2D eigenvalue weighted by atomic mass is 10.2. The molecule has 26 heavy (non-hydrogen) atoms. The summed E-state index contributed by atoms with van der Waals surface area (Å²) in [5.74, 6) is 0.942. The topological polar surface area (TPSA) is 59.0 Å². The van der Waals surface area contributed by atoms with Gasteiger partial charge in [0, 0.05) is 0 Å². The van der Waals surface area contributed by atoms with Gasteiger partial charge in [-0.1, -0.05) is 30.0 Å². The predicted molar refractivity (Wildman–Crippen MR) is 108 cm³/mol. The molecule has 0 aliphatic carbocycles. The van der Waals surface area contributed by atoms with E-state index in [0.29, 0.717) is 32.8 Å². The molecule has 0 bridgehead atoms. The molecule has 1 heterocycles. The van der Waals surface area contributed by atoms with E-state index in [-0.39, 0.29) is 11.7 Å². The summed E-state index contributed by atoms with van der Waals surface area (Å²) < 4.78 is 10.9. The van der Waals surface area contributed by atoms with E-state index in [1.807, 2.05) is 19.1 Å². The van der Waals surface area contributed by atoms with Gasteiger partial charge >= 0.3 is 0 Å². The second-order valence-electron chi connectivity index (χ2n) is 5.38. The number of anilines is 1. The Labute approximate surface area is 161 Å². The Balaban J connectivity index is 1.85. The maximum absolute atomic E-state index is 12.8. The van der Waals surface area contributed by atoms with Crippen molar-refractivity contribution in [1.82, 2.24) is 0 Å². The van der Waals surface area contributed by atoms with Gasteiger partial charge in [0.2, 0.25) is 0 Å². The molecule has 0 aromatic heterocycles. The molecule has 0 atom stereocenters. The molecule has 1 N–H and O–H groups in total. The molecule has 134 valence electrons. The number of thioether (sulfide) groups is 1. The Morgan fingerprint density at radius 1 is 1.23 bits per heavy atom. The SMILES string of the molecule is CCOc1ccc(N2C(=O)/C(=C\c3ccc(OC)c(O)c3)SC2=S)cc1. The van der Waals surface area contributed by atoms with Gasteiger partial charge in [-0.3, -0.25) is 9.69 Å². The molecule has 0 saturated carbocycles. The van der Waals surface area contributed by atoms with Gasteiger partial charge in [0.05, 0.1) is 24.3 Å². The van der Waals surface area contributed by atoms with Gasteiger partial charge in [0.1, 0.15) is 5.75 Å². The molecule has 5 nitrogen and oxygen atoms in total. The third-order valence-electron chi connectivity index (χ3n) is 3.70. The minimum atomic E-state index is -0.195. The predicted octanol–water partition coefficient (Wildman–Crippen LogP) is 4.21. The van der Waals surface area contributed by atoms with Gasteiger partial charge < -0.3 is 14.6 Å². The summed E-state index contributed by atoms with van der Waals surface area (Å²) in [5, 5.41) is 9.89. The zero-order valence-electron chi connectivity index (χ0n) is 14.3. The lowest BCUT2D eigenvalue weighted by molar-refractivity contribution is -0.113. The number of aromatic hydroxyl groups is 1. The van der Waals surface area contributed by atoms with Crippen LogP contribution in [0, 0.1) is 0 Å². The van der Waals surface area contributed by atoms with Gasteiger partial charge in [-0.2, -0.15) is 0 Å². The fourth-order valence-corrected chi connectivity index (χ4v) is 3.80. The number of phenols is 1. The molecule has 1 aliphatic rings. The van der Waals surface area contributed by atoms with Crippen LogP contribution in [0.2, 0.25) is 0 Å². The number of hydrogen-bond acceptors (Lipinski definition) is 6. The lowest BCUT2D eigenvalue weighted by Gasteiger charge is -2.15. The van der Waals surface area contributed by atoms with Crippen molar-refractivity contribution in [3.8, 4) is 17.2 Å². The molecule has 2 aromatic rings. The Morgan fingerprint density at radius 3 is 2.58 bits per heavy atom. The maximum atomic E-state index is 12.8. The highest BCUT2D eigenvalue weighted by Gasteiger charge is 2.33. The molecule has 0 unspecified atom stereocenters. The van der Waals surface area contributed by atoms with E-state index in [1.165, 1.54) is 23.8 Å². The minimum Gasteiger partial charge on any atom is -0.504 e. The van der Waals surface area contributed by atoms with Gasteiger partial charge in [-0.25, -0.2) is 0 Å². The summed E-state index contributed by atoms with van der Waals surface area (Å²) in [4.78, 5) is 14.8. The minimum absolute atomic E-state index is 0.0169. The van der Waals surface area contributed by atoms with Crippen molar-refractivity contribution in [2.24, 2.45) is 0 Å². The molecular weight excluding hydrogens is 370 g/mol. The van der Waals surface area contributed by atoms with Gasteiger partial charge in [-0.05, 0) is 55.0 Å². The standard InChI is InChI=1S/C19H17NO4S2/c1-3-24-14-7-5-13(6-8-14)20-18(22)17(26-19(20)25)11-12-4-9-16(23-2)15(21)10-12/h4-11,21H,3H2,1-2H3/b17-11+. The third-order valence-corrected chi connectivity index (χ3v) is 5.00. The van der Waals surface area contributed by atoms with Gasteiger partial charge in [-0.15, -0.1) is 0 Å². The quantitative estimate of drug-likeness (QED) is 0.613. The van der Waals surface area contributed by atoms with E-state index in [2.05, 4.69) is 0 Å². The van der Waals surface area contributed by atoms with Crippen LogP contribution < -0.4 is 14.4 Å². The first-order valence-electron chi connectivity index (χ1n) is 7.91. The number of nitrogens with zero attached hydrogens (tertiary/aromatic N) is 1. The summed E-state index contributed by atoms with van der Waals surface area (Å²) in [7, 11) is 1.48. The highest BCUT2D eigenvalue weighted by atomic mass is 32.2. The first-order valence-corrected chi connectivity index (χ1v) is 9.13. The number of phenolic OH excluding ortho intramolecular Hbond substituents is 1. The van der Waals surface area contributed by atoms with Crippen LogP contribution in [0.3, 0.4) is 0 Å². The molecule has 2 aromatic carbocycles. The lowest BCUT2D eigenvalue weighted by Crippen LogP contribution is -2.27. The van der Waals surface area contributed by atoms with Crippen LogP contribution in [0.15, 0.2) is 47.4 Å². The average Bonchev–Trinajstić information content (AvgIpc) is 2.90. The highest BCUT2D eigenvalue weighted by Crippen LogP contribution is 2.37. The third kappa shape index (κ3) is 3.68. The van der Waals surface area contributed by atoms with Crippen molar-refractivity contribution in [3.63, 3.8) is 0 Å². The first kappa shape index (κ1) is 18.3. The Morgan fingerprint density at radius 2 is 1.96 bits per heavy atom. The molecule has 1 fully saturated rings. The molecule has 1 amide bonds. The maximum Gasteiger partial charge on any atom is 0.270 e. The average molecular weight is 387 g/mol. The van der Waals surface area contributed by atoms with Crippen LogP contribution in [0.1, 0.15) is 12.5 Å². The zero-order valence-corrected chi connectivity index (χ0v) is 15.9. The Bertz CT molecular complexity index is 878. The number of methoxy groups -OCH3 is 1. The fourth-order valence-electron chi connectivity index (χ4n) is 2.50. The Kier molecular flexibility index (Phi) is 5.49. The van der Waals surface area contributed by atoms with Crippen molar-refractivity contribution >= 4 is 46.0 Å². The van der Waals surface area contributed by atoms with Crippen molar-refractivity contribution in [3.05, 3.63) is 52.9 Å². The van der Waals surface area contributed by atoms with E-state index in [0.717, 1.165) is 5.75 Å². The summed E-state index contributed by atoms with van der Waals surface area (Å²) in [6, 6.07) is 12.2. The number of hydrogen-bond donors (Lipinski definition) is 1. The molecule has 3 rings (SSSR count). The number of carbonyl (C=O) groups is 1. The van der Waals surface area contributed by atoms with Crippen LogP contribution >= 0.6 is 24.0 Å².